The SMILES string of the molecule is N#Cc1cc(COc2ccc(Br)cc2C=O)ccc1F. The second-order valence-corrected chi connectivity index (χ2v) is 4.93. The van der Waals surface area contributed by atoms with Crippen LogP contribution >= 0.6 is 15.9 Å². The molecule has 2 aromatic carbocycles. The molecule has 0 amide bonds. The van der Waals surface area contributed by atoms with Crippen LogP contribution in [0.15, 0.2) is 40.9 Å². The largest absolute Gasteiger partial charge is 0.488 e. The average Bonchev–Trinajstić information content (AvgIpc) is 2.47. The Morgan fingerprint density at radius 1 is 1.30 bits per heavy atom. The number of carbonyl (C=O) groups is 1. The molecule has 0 unspecified atom stereocenters. The van der Waals surface area contributed by atoms with Crippen LogP contribution in [-0.2, 0) is 6.61 Å². The number of rotatable bonds is 4. The molecule has 3 nitrogen and oxygen atoms in total. The fourth-order valence-corrected chi connectivity index (χ4v) is 2.03. The molecule has 100 valence electrons. The van der Waals surface area contributed by atoms with Crippen LogP contribution in [0.25, 0.3) is 0 Å². The molecule has 0 bridgehead atoms. The molecule has 0 spiro atoms. The summed E-state index contributed by atoms with van der Waals surface area (Å²) < 4.78 is 19.5. The summed E-state index contributed by atoms with van der Waals surface area (Å²) in [6.45, 7) is 0.150. The zero-order valence-corrected chi connectivity index (χ0v) is 11.9. The summed E-state index contributed by atoms with van der Waals surface area (Å²) in [5.41, 5.74) is 1.04. The number of hydrogen-bond donors (Lipinski definition) is 0. The van der Waals surface area contributed by atoms with E-state index in [0.29, 0.717) is 23.2 Å². The van der Waals surface area contributed by atoms with E-state index in [4.69, 9.17) is 10.00 Å². The van der Waals surface area contributed by atoms with Crippen LogP contribution < -0.4 is 4.74 Å². The van der Waals surface area contributed by atoms with E-state index in [1.807, 2.05) is 0 Å². The number of halogens is 2. The van der Waals surface area contributed by atoms with E-state index in [1.54, 1.807) is 24.3 Å². The third-order valence-electron chi connectivity index (χ3n) is 2.64. The monoisotopic (exact) mass is 333 g/mol. The predicted molar refractivity (Wildman–Crippen MR) is 75.0 cm³/mol. The number of carbonyl (C=O) groups excluding carboxylic acids is 1. The summed E-state index contributed by atoms with van der Waals surface area (Å²) >= 11 is 3.27. The highest BCUT2D eigenvalue weighted by Gasteiger charge is 2.06. The van der Waals surface area contributed by atoms with Crippen LogP contribution in [0.4, 0.5) is 4.39 Å². The molecule has 0 atom stereocenters. The number of ether oxygens (including phenoxy) is 1. The number of hydrogen-bond acceptors (Lipinski definition) is 3. The second kappa shape index (κ2) is 6.31. The minimum atomic E-state index is -0.562. The highest BCUT2D eigenvalue weighted by Crippen LogP contribution is 2.23. The fraction of sp³-hybridized carbons (Fsp3) is 0.0667. The molecular weight excluding hydrogens is 325 g/mol. The first-order valence-corrected chi connectivity index (χ1v) is 6.49. The van der Waals surface area contributed by atoms with Crippen molar-refractivity contribution in [2.24, 2.45) is 0 Å². The van der Waals surface area contributed by atoms with Gasteiger partial charge in [0.05, 0.1) is 11.1 Å². The van der Waals surface area contributed by atoms with Crippen molar-refractivity contribution >= 4 is 22.2 Å². The molecule has 0 aliphatic carbocycles. The Labute approximate surface area is 123 Å². The maximum atomic E-state index is 13.2. The van der Waals surface area contributed by atoms with E-state index in [0.717, 1.165) is 4.47 Å². The van der Waals surface area contributed by atoms with Crippen molar-refractivity contribution in [1.29, 1.82) is 5.26 Å². The summed E-state index contributed by atoms with van der Waals surface area (Å²) in [7, 11) is 0. The van der Waals surface area contributed by atoms with Gasteiger partial charge in [-0.3, -0.25) is 4.79 Å². The van der Waals surface area contributed by atoms with Crippen molar-refractivity contribution in [2.45, 2.75) is 6.61 Å². The van der Waals surface area contributed by atoms with Crippen molar-refractivity contribution in [3.05, 3.63) is 63.4 Å². The van der Waals surface area contributed by atoms with E-state index in [9.17, 15) is 9.18 Å². The molecule has 0 aromatic heterocycles. The van der Waals surface area contributed by atoms with Crippen LogP contribution in [-0.4, -0.2) is 6.29 Å². The Balaban J connectivity index is 2.17. The number of aldehydes is 1. The van der Waals surface area contributed by atoms with Crippen LogP contribution in [0.5, 0.6) is 5.75 Å². The maximum absolute atomic E-state index is 13.2. The second-order valence-electron chi connectivity index (χ2n) is 4.01. The Hall–Kier alpha value is -2.19. The molecule has 0 saturated heterocycles. The van der Waals surface area contributed by atoms with E-state index in [-0.39, 0.29) is 12.2 Å². The zero-order chi connectivity index (χ0) is 14.5. The molecule has 0 aliphatic heterocycles. The molecule has 20 heavy (non-hydrogen) atoms. The van der Waals surface area contributed by atoms with Crippen LogP contribution in [0.1, 0.15) is 21.5 Å². The van der Waals surface area contributed by atoms with E-state index >= 15 is 0 Å². The summed E-state index contributed by atoms with van der Waals surface area (Å²) in [4.78, 5) is 10.9. The van der Waals surface area contributed by atoms with E-state index in [1.165, 1.54) is 18.2 Å². The highest BCUT2D eigenvalue weighted by molar-refractivity contribution is 9.10. The standard InChI is InChI=1S/C15H9BrFNO2/c16-13-2-4-15(12(6-13)8-19)20-9-10-1-3-14(17)11(5-10)7-18/h1-6,8H,9H2. The first-order chi connectivity index (χ1) is 9.63. The topological polar surface area (TPSA) is 50.1 Å². The Morgan fingerprint density at radius 2 is 2.10 bits per heavy atom. The molecule has 0 radical (unpaired) electrons. The molecule has 0 heterocycles. The van der Waals surface area contributed by atoms with E-state index < -0.39 is 5.82 Å². The Kier molecular flexibility index (Phi) is 4.49. The van der Waals surface area contributed by atoms with Gasteiger partial charge < -0.3 is 4.74 Å². The Bertz CT molecular complexity index is 695. The van der Waals surface area contributed by atoms with Crippen molar-refractivity contribution < 1.29 is 13.9 Å². The normalized spacial score (nSPS) is 9.85. The lowest BCUT2D eigenvalue weighted by molar-refractivity contribution is 0.111. The van der Waals surface area contributed by atoms with Crippen LogP contribution in [0.3, 0.4) is 0 Å². The van der Waals surface area contributed by atoms with Crippen molar-refractivity contribution in [3.63, 3.8) is 0 Å². The molecule has 5 heteroatoms. The molecule has 0 fully saturated rings. The summed E-state index contributed by atoms with van der Waals surface area (Å²) in [6.07, 6.45) is 0.700. The zero-order valence-electron chi connectivity index (χ0n) is 10.3. The van der Waals surface area contributed by atoms with Gasteiger partial charge >= 0.3 is 0 Å². The number of benzene rings is 2. The van der Waals surface area contributed by atoms with Gasteiger partial charge in [-0.1, -0.05) is 22.0 Å². The predicted octanol–water partition coefficient (Wildman–Crippen LogP) is 3.85. The van der Waals surface area contributed by atoms with Crippen molar-refractivity contribution in [1.82, 2.24) is 0 Å². The van der Waals surface area contributed by atoms with Gasteiger partial charge in [0, 0.05) is 4.47 Å². The van der Waals surface area contributed by atoms with Gasteiger partial charge in [-0.2, -0.15) is 5.26 Å². The lowest BCUT2D eigenvalue weighted by Crippen LogP contribution is -1.99. The van der Waals surface area contributed by atoms with Gasteiger partial charge in [0.2, 0.25) is 0 Å². The van der Waals surface area contributed by atoms with Gasteiger partial charge in [0.25, 0.3) is 0 Å². The molecule has 0 aliphatic rings. The van der Waals surface area contributed by atoms with Gasteiger partial charge in [-0.05, 0) is 35.9 Å². The first-order valence-electron chi connectivity index (χ1n) is 5.70. The van der Waals surface area contributed by atoms with Crippen molar-refractivity contribution in [2.75, 3.05) is 0 Å². The third-order valence-corrected chi connectivity index (χ3v) is 3.14. The summed E-state index contributed by atoms with van der Waals surface area (Å²) in [5.74, 6) is -0.125. The van der Waals surface area contributed by atoms with E-state index in [2.05, 4.69) is 15.9 Å². The smallest absolute Gasteiger partial charge is 0.153 e. The lowest BCUT2D eigenvalue weighted by atomic mass is 10.1. The number of nitriles is 1. The van der Waals surface area contributed by atoms with Gasteiger partial charge in [0.1, 0.15) is 24.2 Å². The third kappa shape index (κ3) is 3.22. The average molecular weight is 334 g/mol. The molecule has 2 rings (SSSR count). The number of nitrogens with zero attached hydrogens (tertiary/aromatic N) is 1. The van der Waals surface area contributed by atoms with Crippen LogP contribution in [0.2, 0.25) is 0 Å². The van der Waals surface area contributed by atoms with Crippen molar-refractivity contribution in [3.8, 4) is 11.8 Å². The van der Waals surface area contributed by atoms with Crippen LogP contribution in [0, 0.1) is 17.1 Å². The highest BCUT2D eigenvalue weighted by atomic mass is 79.9. The fourth-order valence-electron chi connectivity index (χ4n) is 1.65. The molecule has 0 saturated carbocycles. The first kappa shape index (κ1) is 14.2. The maximum Gasteiger partial charge on any atom is 0.153 e. The molecule has 2 aromatic rings. The minimum Gasteiger partial charge on any atom is -0.488 e. The molecular formula is C15H9BrFNO2. The lowest BCUT2D eigenvalue weighted by Gasteiger charge is -2.09. The summed E-state index contributed by atoms with van der Waals surface area (Å²) in [6, 6.07) is 11.0. The summed E-state index contributed by atoms with van der Waals surface area (Å²) in [5, 5.41) is 8.76. The van der Waals surface area contributed by atoms with Gasteiger partial charge in [-0.25, -0.2) is 4.39 Å². The van der Waals surface area contributed by atoms with Gasteiger partial charge in [-0.15, -0.1) is 0 Å². The molecule has 0 N–H and O–H groups in total. The van der Waals surface area contributed by atoms with Gasteiger partial charge in [0.15, 0.2) is 6.29 Å². The quantitative estimate of drug-likeness (QED) is 0.798. The Morgan fingerprint density at radius 3 is 2.80 bits per heavy atom. The minimum absolute atomic E-state index is 0.0301.